The van der Waals surface area contributed by atoms with E-state index in [1.165, 1.54) is 0 Å². The summed E-state index contributed by atoms with van der Waals surface area (Å²) in [4.78, 5) is 4.51. The van der Waals surface area contributed by atoms with Crippen molar-refractivity contribution in [2.45, 2.75) is 38.5 Å². The van der Waals surface area contributed by atoms with Crippen LogP contribution in [-0.2, 0) is 6.54 Å². The molecule has 0 saturated heterocycles. The third kappa shape index (κ3) is 3.60. The summed E-state index contributed by atoms with van der Waals surface area (Å²) < 4.78 is 2.18. The largest absolute Gasteiger partial charge is 0.391 e. The zero-order chi connectivity index (χ0) is 17.9. The van der Waals surface area contributed by atoms with E-state index in [0.717, 1.165) is 42.2 Å². The number of benzene rings is 1. The first-order chi connectivity index (χ1) is 12.7. The fourth-order valence-corrected chi connectivity index (χ4v) is 3.73. The smallest absolute Gasteiger partial charge is 0.149 e. The van der Waals surface area contributed by atoms with Gasteiger partial charge in [-0.2, -0.15) is 5.10 Å². The molecule has 3 atom stereocenters. The highest BCUT2D eigenvalue weighted by Gasteiger charge is 2.33. The van der Waals surface area contributed by atoms with Gasteiger partial charge >= 0.3 is 0 Å². The molecule has 3 aromatic rings. The SMILES string of the molecule is Cc1cnnc(N[C@@H]2CC(Cn3ccnc3-c3ccccc3)C[C@H]2O)c1. The minimum atomic E-state index is -0.383. The molecule has 1 aliphatic rings. The maximum atomic E-state index is 10.5. The fraction of sp³-hybridized carbons (Fsp3) is 0.350. The van der Waals surface area contributed by atoms with Crippen LogP contribution in [0.2, 0.25) is 0 Å². The lowest BCUT2D eigenvalue weighted by molar-refractivity contribution is 0.166. The molecule has 1 saturated carbocycles. The molecule has 6 nitrogen and oxygen atoms in total. The van der Waals surface area contributed by atoms with Gasteiger partial charge in [0, 0.05) is 24.5 Å². The molecule has 1 unspecified atom stereocenters. The lowest BCUT2D eigenvalue weighted by Gasteiger charge is -2.17. The molecule has 2 N–H and O–H groups in total. The zero-order valence-corrected chi connectivity index (χ0v) is 14.8. The van der Waals surface area contributed by atoms with E-state index in [-0.39, 0.29) is 12.1 Å². The number of aliphatic hydroxyl groups excluding tert-OH is 1. The number of aryl methyl sites for hydroxylation is 1. The Labute approximate surface area is 152 Å². The van der Waals surface area contributed by atoms with E-state index in [4.69, 9.17) is 0 Å². The topological polar surface area (TPSA) is 75.9 Å². The van der Waals surface area contributed by atoms with E-state index >= 15 is 0 Å². The Morgan fingerprint density at radius 3 is 2.88 bits per heavy atom. The number of hydrogen-bond donors (Lipinski definition) is 2. The van der Waals surface area contributed by atoms with Gasteiger partial charge in [-0.3, -0.25) is 0 Å². The summed E-state index contributed by atoms with van der Waals surface area (Å²) in [6.45, 7) is 2.83. The molecular formula is C20H23N5O. The summed E-state index contributed by atoms with van der Waals surface area (Å²) in [6.07, 6.45) is 6.86. The van der Waals surface area contributed by atoms with Gasteiger partial charge in [0.1, 0.15) is 11.6 Å². The van der Waals surface area contributed by atoms with Crippen LogP contribution in [0.4, 0.5) is 5.82 Å². The molecule has 0 bridgehead atoms. The predicted molar refractivity (Wildman–Crippen MR) is 101 cm³/mol. The molecule has 6 heteroatoms. The van der Waals surface area contributed by atoms with Gasteiger partial charge in [-0.25, -0.2) is 4.98 Å². The molecule has 26 heavy (non-hydrogen) atoms. The van der Waals surface area contributed by atoms with Crippen LogP contribution >= 0.6 is 0 Å². The Balaban J connectivity index is 1.44. The highest BCUT2D eigenvalue weighted by Crippen LogP contribution is 2.31. The van der Waals surface area contributed by atoms with Crippen molar-refractivity contribution < 1.29 is 5.11 Å². The van der Waals surface area contributed by atoms with Crippen LogP contribution in [0.1, 0.15) is 18.4 Å². The average molecular weight is 349 g/mol. The Morgan fingerprint density at radius 1 is 1.23 bits per heavy atom. The van der Waals surface area contributed by atoms with Crippen molar-refractivity contribution in [3.8, 4) is 11.4 Å². The van der Waals surface area contributed by atoms with Crippen LogP contribution in [0.15, 0.2) is 55.0 Å². The molecule has 2 aromatic heterocycles. The molecule has 1 aliphatic carbocycles. The van der Waals surface area contributed by atoms with Crippen molar-refractivity contribution in [3.05, 3.63) is 60.6 Å². The van der Waals surface area contributed by atoms with E-state index < -0.39 is 0 Å². The van der Waals surface area contributed by atoms with Crippen LogP contribution in [-0.4, -0.2) is 37.0 Å². The van der Waals surface area contributed by atoms with Gasteiger partial charge in [-0.15, -0.1) is 5.10 Å². The van der Waals surface area contributed by atoms with Crippen molar-refractivity contribution in [3.63, 3.8) is 0 Å². The third-order valence-corrected chi connectivity index (χ3v) is 4.95. The normalized spacial score (nSPS) is 22.5. The van der Waals surface area contributed by atoms with E-state index in [1.807, 2.05) is 43.6 Å². The summed E-state index contributed by atoms with van der Waals surface area (Å²) in [6, 6.07) is 12.2. The Kier molecular flexibility index (Phi) is 4.67. The molecule has 4 rings (SSSR count). The summed E-state index contributed by atoms with van der Waals surface area (Å²) in [5.41, 5.74) is 2.17. The van der Waals surface area contributed by atoms with Crippen molar-refractivity contribution >= 4 is 5.82 Å². The molecule has 0 amide bonds. The third-order valence-electron chi connectivity index (χ3n) is 4.95. The van der Waals surface area contributed by atoms with E-state index in [2.05, 4.69) is 37.2 Å². The van der Waals surface area contributed by atoms with Gasteiger partial charge in [0.2, 0.25) is 0 Å². The van der Waals surface area contributed by atoms with Gasteiger partial charge in [0.05, 0.1) is 18.3 Å². The van der Waals surface area contributed by atoms with E-state index in [9.17, 15) is 5.11 Å². The number of nitrogens with one attached hydrogen (secondary N) is 1. The van der Waals surface area contributed by atoms with Crippen molar-refractivity contribution in [1.82, 2.24) is 19.7 Å². The van der Waals surface area contributed by atoms with Gasteiger partial charge in [0.15, 0.2) is 0 Å². The second-order valence-electron chi connectivity index (χ2n) is 7.04. The number of hydrogen-bond acceptors (Lipinski definition) is 5. The molecule has 0 spiro atoms. The second kappa shape index (κ2) is 7.25. The van der Waals surface area contributed by atoms with Gasteiger partial charge in [0.25, 0.3) is 0 Å². The molecule has 0 radical (unpaired) electrons. The average Bonchev–Trinajstić information content (AvgIpc) is 3.23. The summed E-state index contributed by atoms with van der Waals surface area (Å²) in [5, 5.41) is 21.9. The minimum absolute atomic E-state index is 0.000188. The molecule has 1 fully saturated rings. The Bertz CT molecular complexity index is 863. The Morgan fingerprint density at radius 2 is 2.08 bits per heavy atom. The van der Waals surface area contributed by atoms with Crippen molar-refractivity contribution in [1.29, 1.82) is 0 Å². The van der Waals surface area contributed by atoms with Gasteiger partial charge in [-0.1, -0.05) is 30.3 Å². The minimum Gasteiger partial charge on any atom is -0.391 e. The lowest BCUT2D eigenvalue weighted by Crippen LogP contribution is -2.28. The molecule has 134 valence electrons. The summed E-state index contributed by atoms with van der Waals surface area (Å²) >= 11 is 0. The first-order valence-electron chi connectivity index (χ1n) is 8.99. The van der Waals surface area contributed by atoms with Gasteiger partial charge in [-0.05, 0) is 37.3 Å². The van der Waals surface area contributed by atoms with E-state index in [1.54, 1.807) is 6.20 Å². The number of aliphatic hydroxyl groups is 1. The molecule has 1 aromatic carbocycles. The first-order valence-corrected chi connectivity index (χ1v) is 8.99. The van der Waals surface area contributed by atoms with E-state index in [0.29, 0.717) is 5.92 Å². The molecule has 0 aliphatic heterocycles. The van der Waals surface area contributed by atoms with Crippen LogP contribution in [0.25, 0.3) is 11.4 Å². The van der Waals surface area contributed by atoms with Crippen LogP contribution in [0, 0.1) is 12.8 Å². The van der Waals surface area contributed by atoms with Gasteiger partial charge < -0.3 is 15.0 Å². The van der Waals surface area contributed by atoms with Crippen molar-refractivity contribution in [2.75, 3.05) is 5.32 Å². The van der Waals surface area contributed by atoms with Crippen LogP contribution in [0.5, 0.6) is 0 Å². The molecule has 2 heterocycles. The number of anilines is 1. The van der Waals surface area contributed by atoms with Crippen LogP contribution in [0.3, 0.4) is 0 Å². The lowest BCUT2D eigenvalue weighted by atomic mass is 10.1. The number of nitrogens with zero attached hydrogens (tertiary/aromatic N) is 4. The summed E-state index contributed by atoms with van der Waals surface area (Å²) in [5.74, 6) is 2.08. The maximum absolute atomic E-state index is 10.5. The molecular weight excluding hydrogens is 326 g/mol. The number of imidazole rings is 1. The first kappa shape index (κ1) is 16.7. The quantitative estimate of drug-likeness (QED) is 0.741. The highest BCUT2D eigenvalue weighted by molar-refractivity contribution is 5.55. The second-order valence-corrected chi connectivity index (χ2v) is 7.04. The summed E-state index contributed by atoms with van der Waals surface area (Å²) in [7, 11) is 0. The predicted octanol–water partition coefficient (Wildman–Crippen LogP) is 2.90. The zero-order valence-electron chi connectivity index (χ0n) is 14.8. The number of rotatable bonds is 5. The van der Waals surface area contributed by atoms with Crippen LogP contribution < -0.4 is 5.32 Å². The fourth-order valence-electron chi connectivity index (χ4n) is 3.73. The number of aromatic nitrogens is 4. The monoisotopic (exact) mass is 349 g/mol. The van der Waals surface area contributed by atoms with Crippen molar-refractivity contribution in [2.24, 2.45) is 5.92 Å². The Hall–Kier alpha value is -2.73. The standard InChI is InChI=1S/C20H23N5O/c1-14-9-19(24-22-12-14)23-17-10-15(11-18(17)26)13-25-8-7-21-20(25)16-5-3-2-4-6-16/h2-9,12,15,17-18,26H,10-11,13H2,1H3,(H,23,24)/t15?,17-,18-/m1/s1. The maximum Gasteiger partial charge on any atom is 0.149 e. The highest BCUT2D eigenvalue weighted by atomic mass is 16.3.